The van der Waals surface area contributed by atoms with Crippen LogP contribution in [0.4, 0.5) is 5.69 Å². The van der Waals surface area contributed by atoms with Crippen LogP contribution in [0.25, 0.3) is 0 Å². The lowest BCUT2D eigenvalue weighted by molar-refractivity contribution is -0.160. The lowest BCUT2D eigenvalue weighted by Gasteiger charge is -2.30. The van der Waals surface area contributed by atoms with Gasteiger partial charge in [-0.1, -0.05) is 22.0 Å². The molecule has 7 heteroatoms. The third-order valence-electron chi connectivity index (χ3n) is 3.09. The second-order valence-corrected chi connectivity index (χ2v) is 5.59. The number of carbonyl (C=O) groups excluding carboxylic acids is 2. The molecule has 1 N–H and O–H groups in total. The Labute approximate surface area is 131 Å². The minimum absolute atomic E-state index is 0.126. The fourth-order valence-corrected chi connectivity index (χ4v) is 2.49. The number of nitrogens with zero attached hydrogens (tertiary/aromatic N) is 1. The number of methoxy groups -OCH3 is 1. The number of anilines is 1. The molecule has 114 valence electrons. The van der Waals surface area contributed by atoms with E-state index in [0.29, 0.717) is 19.7 Å². The molecule has 1 unspecified atom stereocenters. The van der Waals surface area contributed by atoms with Gasteiger partial charge in [0.1, 0.15) is 0 Å². The molecule has 0 radical (unpaired) electrons. The quantitative estimate of drug-likeness (QED) is 0.822. The van der Waals surface area contributed by atoms with Crippen molar-refractivity contribution < 1.29 is 19.1 Å². The number of hydrogen-bond donors (Lipinski definition) is 1. The number of carbonyl (C=O) groups is 2. The van der Waals surface area contributed by atoms with Crippen molar-refractivity contribution in [2.75, 3.05) is 38.7 Å². The van der Waals surface area contributed by atoms with Gasteiger partial charge in [0.25, 0.3) is 0 Å². The van der Waals surface area contributed by atoms with Gasteiger partial charge in [-0.15, -0.1) is 0 Å². The van der Waals surface area contributed by atoms with Gasteiger partial charge in [-0.25, -0.2) is 4.79 Å². The van der Waals surface area contributed by atoms with E-state index in [1.54, 1.807) is 0 Å². The summed E-state index contributed by atoms with van der Waals surface area (Å²) in [6.45, 7) is 1.59. The Hall–Kier alpha value is -1.44. The van der Waals surface area contributed by atoms with Crippen molar-refractivity contribution in [2.24, 2.45) is 0 Å². The van der Waals surface area contributed by atoms with Gasteiger partial charge in [0, 0.05) is 23.2 Å². The van der Waals surface area contributed by atoms with Gasteiger partial charge in [-0.3, -0.25) is 9.69 Å². The Morgan fingerprint density at radius 2 is 2.33 bits per heavy atom. The number of esters is 1. The minimum Gasteiger partial charge on any atom is -0.467 e. The van der Waals surface area contributed by atoms with E-state index in [0.717, 1.165) is 10.2 Å². The molecule has 0 aliphatic carbocycles. The molecule has 1 aromatic carbocycles. The molecule has 0 saturated carbocycles. The van der Waals surface area contributed by atoms with Crippen LogP contribution in [-0.2, 0) is 19.1 Å². The molecule has 21 heavy (non-hydrogen) atoms. The Bertz CT molecular complexity index is 523. The van der Waals surface area contributed by atoms with Crippen LogP contribution in [0.1, 0.15) is 0 Å². The first kappa shape index (κ1) is 15.9. The Kier molecular flexibility index (Phi) is 5.72. The van der Waals surface area contributed by atoms with Gasteiger partial charge in [-0.05, 0) is 18.2 Å². The number of halogens is 1. The molecular formula is C14H17BrN2O4. The zero-order valence-electron chi connectivity index (χ0n) is 11.7. The smallest absolute Gasteiger partial charge is 0.336 e. The first-order valence-corrected chi connectivity index (χ1v) is 7.35. The first-order chi connectivity index (χ1) is 10.1. The molecule has 1 amide bonds. The van der Waals surface area contributed by atoms with Crippen LogP contribution in [0.5, 0.6) is 0 Å². The van der Waals surface area contributed by atoms with Crippen LogP contribution in [0.3, 0.4) is 0 Å². The van der Waals surface area contributed by atoms with Crippen LogP contribution >= 0.6 is 15.9 Å². The third-order valence-corrected chi connectivity index (χ3v) is 3.58. The highest BCUT2D eigenvalue weighted by molar-refractivity contribution is 9.10. The molecule has 1 fully saturated rings. The van der Waals surface area contributed by atoms with Crippen LogP contribution < -0.4 is 5.32 Å². The Morgan fingerprint density at radius 3 is 3.05 bits per heavy atom. The number of morpholine rings is 1. The predicted octanol–water partition coefficient (Wildman–Crippen LogP) is 1.26. The lowest BCUT2D eigenvalue weighted by atomic mass is 10.2. The number of benzene rings is 1. The van der Waals surface area contributed by atoms with Crippen LogP contribution in [0.2, 0.25) is 0 Å². The molecule has 1 atom stereocenters. The van der Waals surface area contributed by atoms with E-state index < -0.39 is 12.1 Å². The van der Waals surface area contributed by atoms with Crippen molar-refractivity contribution in [2.45, 2.75) is 6.10 Å². The maximum absolute atomic E-state index is 12.0. The van der Waals surface area contributed by atoms with E-state index in [1.165, 1.54) is 7.11 Å². The zero-order chi connectivity index (χ0) is 15.2. The van der Waals surface area contributed by atoms with Crippen LogP contribution in [0.15, 0.2) is 28.7 Å². The highest BCUT2D eigenvalue weighted by Gasteiger charge is 2.28. The van der Waals surface area contributed by atoms with Crippen molar-refractivity contribution >= 4 is 33.5 Å². The molecule has 6 nitrogen and oxygen atoms in total. The van der Waals surface area contributed by atoms with Gasteiger partial charge in [-0.2, -0.15) is 0 Å². The SMILES string of the molecule is COC(=O)C1CN(CC(=O)Nc2cccc(Br)c2)CCO1. The number of rotatable bonds is 4. The van der Waals surface area contributed by atoms with Crippen molar-refractivity contribution in [1.82, 2.24) is 4.90 Å². The molecule has 1 aliphatic rings. The van der Waals surface area contributed by atoms with Crippen LogP contribution in [-0.4, -0.2) is 56.2 Å². The summed E-state index contributed by atoms with van der Waals surface area (Å²) in [5, 5.41) is 2.82. The topological polar surface area (TPSA) is 67.9 Å². The van der Waals surface area contributed by atoms with Gasteiger partial charge in [0.05, 0.1) is 20.3 Å². The summed E-state index contributed by atoms with van der Waals surface area (Å²) in [5.41, 5.74) is 0.729. The number of nitrogens with one attached hydrogen (secondary N) is 1. The van der Waals surface area contributed by atoms with Gasteiger partial charge < -0.3 is 14.8 Å². The lowest BCUT2D eigenvalue weighted by Crippen LogP contribution is -2.48. The van der Waals surface area contributed by atoms with Crippen molar-refractivity contribution in [3.8, 4) is 0 Å². The Balaban J connectivity index is 1.86. The molecule has 0 aromatic heterocycles. The molecule has 1 aliphatic heterocycles. The number of amides is 1. The van der Waals surface area contributed by atoms with Gasteiger partial charge >= 0.3 is 5.97 Å². The summed E-state index contributed by atoms with van der Waals surface area (Å²) in [7, 11) is 1.32. The molecule has 2 rings (SSSR count). The summed E-state index contributed by atoms with van der Waals surface area (Å²) < 4.78 is 10.9. The molecule has 1 saturated heterocycles. The summed E-state index contributed by atoms with van der Waals surface area (Å²) in [6, 6.07) is 7.38. The van der Waals surface area contributed by atoms with E-state index in [9.17, 15) is 9.59 Å². The summed E-state index contributed by atoms with van der Waals surface area (Å²) in [4.78, 5) is 25.3. The van der Waals surface area contributed by atoms with Crippen molar-refractivity contribution in [1.29, 1.82) is 0 Å². The third kappa shape index (κ3) is 4.80. The average molecular weight is 357 g/mol. The molecule has 1 aromatic rings. The summed E-state index contributed by atoms with van der Waals surface area (Å²) >= 11 is 3.35. The normalized spacial score (nSPS) is 19.0. The largest absolute Gasteiger partial charge is 0.467 e. The van der Waals surface area contributed by atoms with Crippen LogP contribution in [0, 0.1) is 0 Å². The zero-order valence-corrected chi connectivity index (χ0v) is 13.3. The monoisotopic (exact) mass is 356 g/mol. The highest BCUT2D eigenvalue weighted by Crippen LogP contribution is 2.15. The number of ether oxygens (including phenoxy) is 2. The molecule has 1 heterocycles. The molecular weight excluding hydrogens is 340 g/mol. The average Bonchev–Trinajstić information content (AvgIpc) is 2.46. The highest BCUT2D eigenvalue weighted by atomic mass is 79.9. The Morgan fingerprint density at radius 1 is 1.52 bits per heavy atom. The van der Waals surface area contributed by atoms with E-state index in [2.05, 4.69) is 26.0 Å². The predicted molar refractivity (Wildman–Crippen MR) is 81.0 cm³/mol. The van der Waals surface area contributed by atoms with E-state index in [1.807, 2.05) is 29.2 Å². The second-order valence-electron chi connectivity index (χ2n) is 4.68. The van der Waals surface area contributed by atoms with Crippen molar-refractivity contribution in [3.63, 3.8) is 0 Å². The van der Waals surface area contributed by atoms with E-state index >= 15 is 0 Å². The van der Waals surface area contributed by atoms with E-state index in [4.69, 9.17) is 4.74 Å². The fraction of sp³-hybridized carbons (Fsp3) is 0.429. The fourth-order valence-electron chi connectivity index (χ4n) is 2.09. The van der Waals surface area contributed by atoms with Crippen molar-refractivity contribution in [3.05, 3.63) is 28.7 Å². The van der Waals surface area contributed by atoms with Gasteiger partial charge in [0.15, 0.2) is 6.10 Å². The molecule has 0 bridgehead atoms. The standard InChI is InChI=1S/C14H17BrN2O4/c1-20-14(19)12-8-17(5-6-21-12)9-13(18)16-11-4-2-3-10(15)7-11/h2-4,7,12H,5-6,8-9H2,1H3,(H,16,18). The molecule has 0 spiro atoms. The summed E-state index contributed by atoms with van der Waals surface area (Å²) in [6.07, 6.45) is -0.623. The summed E-state index contributed by atoms with van der Waals surface area (Å²) in [5.74, 6) is -0.536. The van der Waals surface area contributed by atoms with Gasteiger partial charge in [0.2, 0.25) is 5.91 Å². The number of hydrogen-bond acceptors (Lipinski definition) is 5. The second kappa shape index (κ2) is 7.53. The first-order valence-electron chi connectivity index (χ1n) is 6.55. The maximum Gasteiger partial charge on any atom is 0.336 e. The minimum atomic E-state index is -0.623. The van der Waals surface area contributed by atoms with E-state index in [-0.39, 0.29) is 12.5 Å². The maximum atomic E-state index is 12.0.